The molecule has 1 aromatic carbocycles. The zero-order valence-electron chi connectivity index (χ0n) is 11.3. The van der Waals surface area contributed by atoms with Crippen LogP contribution in [0.1, 0.15) is 25.5 Å². The molecular formula is C14H19FO2S2. The number of hydrogen-bond donors (Lipinski definition) is 1. The maximum absolute atomic E-state index is 14.0. The largest absolute Gasteiger partial charge is 0.497 e. The molecule has 1 aliphatic heterocycles. The molecule has 1 saturated heterocycles. The molecule has 5 heteroatoms. The Hall–Kier alpha value is -0.390. The Morgan fingerprint density at radius 2 is 2.11 bits per heavy atom. The van der Waals surface area contributed by atoms with Gasteiger partial charge >= 0.3 is 0 Å². The van der Waals surface area contributed by atoms with Crippen molar-refractivity contribution >= 4 is 23.5 Å². The molecule has 0 spiro atoms. The van der Waals surface area contributed by atoms with E-state index < -0.39 is 11.9 Å². The van der Waals surface area contributed by atoms with E-state index in [2.05, 4.69) is 13.8 Å². The number of methoxy groups -OCH3 is 1. The zero-order valence-corrected chi connectivity index (χ0v) is 12.9. The highest BCUT2D eigenvalue weighted by Gasteiger charge is 2.32. The maximum atomic E-state index is 14.0. The molecule has 1 fully saturated rings. The summed E-state index contributed by atoms with van der Waals surface area (Å²) in [6.07, 6.45) is -0.765. The minimum absolute atomic E-state index is 0.0408. The highest BCUT2D eigenvalue weighted by molar-refractivity contribution is 8.07. The van der Waals surface area contributed by atoms with Gasteiger partial charge in [-0.05, 0) is 12.1 Å². The lowest BCUT2D eigenvalue weighted by Gasteiger charge is -2.34. The summed E-state index contributed by atoms with van der Waals surface area (Å²) < 4.78 is 18.9. The zero-order chi connectivity index (χ0) is 14.0. The van der Waals surface area contributed by atoms with Crippen LogP contribution in [-0.4, -0.2) is 33.7 Å². The van der Waals surface area contributed by atoms with Crippen molar-refractivity contribution < 1.29 is 14.2 Å². The van der Waals surface area contributed by atoms with Crippen LogP contribution < -0.4 is 4.74 Å². The Bertz CT molecular complexity index is 441. The first-order chi connectivity index (χ1) is 9.02. The normalized spacial score (nSPS) is 29.0. The van der Waals surface area contributed by atoms with Crippen LogP contribution in [0.4, 0.5) is 4.39 Å². The Morgan fingerprint density at radius 1 is 1.37 bits per heavy atom. The maximum Gasteiger partial charge on any atom is 0.132 e. The molecule has 106 valence electrons. The van der Waals surface area contributed by atoms with Gasteiger partial charge in [0.1, 0.15) is 11.6 Å². The van der Waals surface area contributed by atoms with E-state index in [1.807, 2.05) is 11.8 Å². The SMILES string of the molecule is COc1ccc(C(O)C2CSC(C)C(C)S2)c(F)c1. The van der Waals surface area contributed by atoms with E-state index in [9.17, 15) is 9.50 Å². The van der Waals surface area contributed by atoms with Gasteiger partial charge in [-0.15, -0.1) is 0 Å². The molecule has 2 rings (SSSR count). The van der Waals surface area contributed by atoms with Gasteiger partial charge < -0.3 is 9.84 Å². The van der Waals surface area contributed by atoms with Crippen molar-refractivity contribution in [3.63, 3.8) is 0 Å². The fourth-order valence-electron chi connectivity index (χ4n) is 2.05. The lowest BCUT2D eigenvalue weighted by atomic mass is 10.1. The van der Waals surface area contributed by atoms with Crippen molar-refractivity contribution in [3.8, 4) is 5.75 Å². The highest BCUT2D eigenvalue weighted by Crippen LogP contribution is 2.41. The molecule has 19 heavy (non-hydrogen) atoms. The molecule has 1 aromatic rings. The van der Waals surface area contributed by atoms with E-state index in [1.54, 1.807) is 23.9 Å². The minimum Gasteiger partial charge on any atom is -0.497 e. The average molecular weight is 302 g/mol. The van der Waals surface area contributed by atoms with Gasteiger partial charge in [0, 0.05) is 33.1 Å². The monoisotopic (exact) mass is 302 g/mol. The molecule has 0 bridgehead atoms. The van der Waals surface area contributed by atoms with Crippen LogP contribution in [0, 0.1) is 5.82 Å². The molecule has 0 radical (unpaired) electrons. The van der Waals surface area contributed by atoms with Crippen LogP contribution in [0.25, 0.3) is 0 Å². The summed E-state index contributed by atoms with van der Waals surface area (Å²) in [4.78, 5) is 0. The van der Waals surface area contributed by atoms with E-state index in [0.29, 0.717) is 21.8 Å². The van der Waals surface area contributed by atoms with Gasteiger partial charge in [-0.1, -0.05) is 13.8 Å². The lowest BCUT2D eigenvalue weighted by molar-refractivity contribution is 0.175. The van der Waals surface area contributed by atoms with Crippen LogP contribution in [0.15, 0.2) is 18.2 Å². The molecule has 1 heterocycles. The second kappa shape index (κ2) is 6.37. The second-order valence-electron chi connectivity index (χ2n) is 4.75. The summed E-state index contributed by atoms with van der Waals surface area (Å²) in [5.41, 5.74) is 0.362. The Morgan fingerprint density at radius 3 is 2.68 bits per heavy atom. The molecule has 1 N–H and O–H groups in total. The summed E-state index contributed by atoms with van der Waals surface area (Å²) >= 11 is 3.59. The number of thioether (sulfide) groups is 2. The topological polar surface area (TPSA) is 29.5 Å². The van der Waals surface area contributed by atoms with Crippen molar-refractivity contribution in [3.05, 3.63) is 29.6 Å². The second-order valence-corrected chi connectivity index (χ2v) is 7.78. The predicted molar refractivity (Wildman–Crippen MR) is 80.7 cm³/mol. The minimum atomic E-state index is -0.765. The molecule has 0 saturated carbocycles. The highest BCUT2D eigenvalue weighted by atomic mass is 32.2. The third kappa shape index (κ3) is 3.38. The van der Waals surface area contributed by atoms with E-state index in [-0.39, 0.29) is 5.25 Å². The van der Waals surface area contributed by atoms with Gasteiger partial charge in [-0.2, -0.15) is 23.5 Å². The number of benzene rings is 1. The molecule has 4 unspecified atom stereocenters. The van der Waals surface area contributed by atoms with Gasteiger partial charge in [-0.3, -0.25) is 0 Å². The molecule has 2 nitrogen and oxygen atoms in total. The molecule has 1 aliphatic rings. The van der Waals surface area contributed by atoms with E-state index in [0.717, 1.165) is 5.75 Å². The first-order valence-corrected chi connectivity index (χ1v) is 8.30. The summed E-state index contributed by atoms with van der Waals surface area (Å²) in [5.74, 6) is 0.924. The summed E-state index contributed by atoms with van der Waals surface area (Å²) in [6.45, 7) is 4.35. The Kier molecular flexibility index (Phi) is 5.03. The predicted octanol–water partition coefficient (Wildman–Crippen LogP) is 3.49. The Balaban J connectivity index is 2.13. The van der Waals surface area contributed by atoms with Crippen molar-refractivity contribution in [2.24, 2.45) is 0 Å². The first kappa shape index (κ1) is 15.0. The van der Waals surface area contributed by atoms with Crippen molar-refractivity contribution in [2.75, 3.05) is 12.9 Å². The molecule has 0 aromatic heterocycles. The number of aliphatic hydroxyl groups excluding tert-OH is 1. The fourth-order valence-corrected chi connectivity index (χ4v) is 5.04. The van der Waals surface area contributed by atoms with E-state index >= 15 is 0 Å². The third-order valence-electron chi connectivity index (χ3n) is 3.45. The fraction of sp³-hybridized carbons (Fsp3) is 0.571. The van der Waals surface area contributed by atoms with Gasteiger partial charge in [-0.25, -0.2) is 4.39 Å². The number of halogens is 1. The number of ether oxygens (including phenoxy) is 1. The Labute approximate surface area is 122 Å². The number of hydrogen-bond acceptors (Lipinski definition) is 4. The summed E-state index contributed by atoms with van der Waals surface area (Å²) in [7, 11) is 1.50. The van der Waals surface area contributed by atoms with E-state index in [4.69, 9.17) is 4.74 Å². The van der Waals surface area contributed by atoms with Crippen molar-refractivity contribution in [2.45, 2.75) is 35.7 Å². The quantitative estimate of drug-likeness (QED) is 0.925. The van der Waals surface area contributed by atoms with Crippen molar-refractivity contribution in [1.29, 1.82) is 0 Å². The van der Waals surface area contributed by atoms with Crippen molar-refractivity contribution in [1.82, 2.24) is 0 Å². The first-order valence-electron chi connectivity index (χ1n) is 6.31. The average Bonchev–Trinajstić information content (AvgIpc) is 2.41. The standard InChI is InChI=1S/C14H19FO2S2/c1-8-9(2)19-13(7-18-8)14(16)11-5-4-10(17-3)6-12(11)15/h4-6,8-9,13-14,16H,7H2,1-3H3. The van der Waals surface area contributed by atoms with Crippen LogP contribution in [-0.2, 0) is 0 Å². The summed E-state index contributed by atoms with van der Waals surface area (Å²) in [6, 6.07) is 4.63. The molecule has 0 aliphatic carbocycles. The summed E-state index contributed by atoms with van der Waals surface area (Å²) in [5, 5.41) is 11.5. The van der Waals surface area contributed by atoms with Gasteiger partial charge in [0.2, 0.25) is 0 Å². The van der Waals surface area contributed by atoms with E-state index in [1.165, 1.54) is 13.2 Å². The molecular weight excluding hydrogens is 283 g/mol. The van der Waals surface area contributed by atoms with Crippen LogP contribution >= 0.6 is 23.5 Å². The third-order valence-corrected chi connectivity index (χ3v) is 6.93. The van der Waals surface area contributed by atoms with Crippen LogP contribution in [0.2, 0.25) is 0 Å². The number of aliphatic hydroxyl groups is 1. The van der Waals surface area contributed by atoms with Gasteiger partial charge in [0.15, 0.2) is 0 Å². The molecule has 4 atom stereocenters. The van der Waals surface area contributed by atoms with Gasteiger partial charge in [0.25, 0.3) is 0 Å². The number of rotatable bonds is 3. The molecule has 0 amide bonds. The van der Waals surface area contributed by atoms with Crippen LogP contribution in [0.5, 0.6) is 5.75 Å². The smallest absolute Gasteiger partial charge is 0.132 e. The lowest BCUT2D eigenvalue weighted by Crippen LogP contribution is -2.30. The van der Waals surface area contributed by atoms with Crippen LogP contribution in [0.3, 0.4) is 0 Å². The van der Waals surface area contributed by atoms with Gasteiger partial charge in [0.05, 0.1) is 13.2 Å².